The van der Waals surface area contributed by atoms with Gasteiger partial charge >= 0.3 is 0 Å². The Hall–Kier alpha value is -4.88. The molecule has 0 aliphatic carbocycles. The molecule has 37 heavy (non-hydrogen) atoms. The third kappa shape index (κ3) is 3.82. The molecule has 174 valence electrons. The molecule has 0 atom stereocenters. The van der Waals surface area contributed by atoms with Crippen molar-refractivity contribution in [3.63, 3.8) is 0 Å². The summed E-state index contributed by atoms with van der Waals surface area (Å²) in [5.74, 6) is 0. The van der Waals surface area contributed by atoms with E-state index in [0.29, 0.717) is 0 Å². The topological polar surface area (TPSA) is 3.24 Å². The van der Waals surface area contributed by atoms with Gasteiger partial charge in [0.25, 0.3) is 0 Å². The van der Waals surface area contributed by atoms with Crippen LogP contribution in [0, 0.1) is 0 Å². The Morgan fingerprint density at radius 3 is 1.54 bits per heavy atom. The third-order valence-corrected chi connectivity index (χ3v) is 7.21. The van der Waals surface area contributed by atoms with Crippen LogP contribution < -0.4 is 4.90 Å². The predicted octanol–water partition coefficient (Wildman–Crippen LogP) is 10.3. The Kier molecular flexibility index (Phi) is 5.19. The minimum absolute atomic E-state index is 1.14. The number of para-hydroxylation sites is 2. The van der Waals surface area contributed by atoms with Crippen LogP contribution in [-0.2, 0) is 0 Å². The maximum atomic E-state index is 2.32. The van der Waals surface area contributed by atoms with Gasteiger partial charge < -0.3 is 4.90 Å². The molecule has 0 amide bonds. The van der Waals surface area contributed by atoms with E-state index in [4.69, 9.17) is 0 Å². The Labute approximate surface area is 216 Å². The van der Waals surface area contributed by atoms with Crippen LogP contribution >= 0.6 is 0 Å². The second-order valence-electron chi connectivity index (χ2n) is 9.44. The molecule has 7 aromatic carbocycles. The molecule has 0 aromatic heterocycles. The van der Waals surface area contributed by atoms with Gasteiger partial charge in [-0.2, -0.15) is 0 Å². The van der Waals surface area contributed by atoms with Gasteiger partial charge in [-0.1, -0.05) is 109 Å². The zero-order chi connectivity index (χ0) is 24.6. The molecule has 1 nitrogen and oxygen atoms in total. The molecular weight excluding hydrogens is 446 g/mol. The Morgan fingerprint density at radius 1 is 0.324 bits per heavy atom. The number of rotatable bonds is 4. The zero-order valence-corrected chi connectivity index (χ0v) is 20.4. The van der Waals surface area contributed by atoms with Crippen molar-refractivity contribution >= 4 is 49.4 Å². The van der Waals surface area contributed by atoms with E-state index in [0.717, 1.165) is 17.1 Å². The summed E-state index contributed by atoms with van der Waals surface area (Å²) >= 11 is 0. The number of nitrogens with zero attached hydrogens (tertiary/aromatic N) is 1. The molecule has 0 heterocycles. The number of anilines is 3. The number of benzene rings is 7. The van der Waals surface area contributed by atoms with Gasteiger partial charge in [-0.05, 0) is 85.9 Å². The minimum atomic E-state index is 1.14. The molecular formula is C36H25N. The smallest absolute Gasteiger partial charge is 0.0462 e. The summed E-state index contributed by atoms with van der Waals surface area (Å²) in [5, 5.41) is 7.77. The van der Waals surface area contributed by atoms with E-state index < -0.39 is 0 Å². The Bertz CT molecular complexity index is 1810. The van der Waals surface area contributed by atoms with Gasteiger partial charge in [0, 0.05) is 17.1 Å². The largest absolute Gasteiger partial charge is 0.311 e. The molecule has 1 heteroatoms. The predicted molar refractivity (Wildman–Crippen MR) is 159 cm³/mol. The SMILES string of the molecule is c1ccc(N(c2ccccc2)c2ccc(-c3ccc4c(ccc5ccc6ccccc6c54)c3)cc2)cc1. The van der Waals surface area contributed by atoms with Gasteiger partial charge in [0.1, 0.15) is 0 Å². The van der Waals surface area contributed by atoms with E-state index in [2.05, 4.69) is 157 Å². The van der Waals surface area contributed by atoms with Crippen molar-refractivity contribution in [1.82, 2.24) is 0 Å². The normalized spacial score (nSPS) is 11.2. The molecule has 0 bridgehead atoms. The quantitative estimate of drug-likeness (QED) is 0.231. The molecule has 7 rings (SSSR count). The van der Waals surface area contributed by atoms with E-state index in [1.54, 1.807) is 0 Å². The van der Waals surface area contributed by atoms with E-state index in [9.17, 15) is 0 Å². The fourth-order valence-electron chi connectivity index (χ4n) is 5.42. The van der Waals surface area contributed by atoms with Crippen LogP contribution in [0.3, 0.4) is 0 Å². The molecule has 0 N–H and O–H groups in total. The summed E-state index contributed by atoms with van der Waals surface area (Å²) in [6.45, 7) is 0. The van der Waals surface area contributed by atoms with Crippen molar-refractivity contribution in [3.8, 4) is 11.1 Å². The average Bonchev–Trinajstić information content (AvgIpc) is 2.98. The van der Waals surface area contributed by atoms with Gasteiger partial charge in [-0.15, -0.1) is 0 Å². The Balaban J connectivity index is 1.31. The lowest BCUT2D eigenvalue weighted by Gasteiger charge is -2.25. The molecule has 0 radical (unpaired) electrons. The maximum absolute atomic E-state index is 2.32. The minimum Gasteiger partial charge on any atom is -0.311 e. The molecule has 0 aliphatic rings. The summed E-state index contributed by atoms with van der Waals surface area (Å²) in [5.41, 5.74) is 5.87. The fourth-order valence-corrected chi connectivity index (χ4v) is 5.42. The second-order valence-corrected chi connectivity index (χ2v) is 9.44. The number of hydrogen-bond donors (Lipinski definition) is 0. The fraction of sp³-hybridized carbons (Fsp3) is 0. The highest BCUT2D eigenvalue weighted by Gasteiger charge is 2.12. The van der Waals surface area contributed by atoms with Crippen LogP contribution in [0.15, 0.2) is 152 Å². The molecule has 0 fully saturated rings. The first kappa shape index (κ1) is 21.4. The van der Waals surface area contributed by atoms with Crippen LogP contribution in [0.2, 0.25) is 0 Å². The highest BCUT2D eigenvalue weighted by molar-refractivity contribution is 6.20. The summed E-state index contributed by atoms with van der Waals surface area (Å²) in [7, 11) is 0. The number of fused-ring (bicyclic) bond motifs is 5. The van der Waals surface area contributed by atoms with Crippen LogP contribution in [0.4, 0.5) is 17.1 Å². The highest BCUT2D eigenvalue weighted by Crippen LogP contribution is 2.37. The van der Waals surface area contributed by atoms with Gasteiger partial charge in [0.05, 0.1) is 0 Å². The van der Waals surface area contributed by atoms with Crippen LogP contribution in [-0.4, -0.2) is 0 Å². The van der Waals surface area contributed by atoms with E-state index in [1.807, 2.05) is 0 Å². The lowest BCUT2D eigenvalue weighted by atomic mass is 9.94. The van der Waals surface area contributed by atoms with Gasteiger partial charge in [0.15, 0.2) is 0 Å². The third-order valence-electron chi connectivity index (χ3n) is 7.21. The van der Waals surface area contributed by atoms with Crippen molar-refractivity contribution < 1.29 is 0 Å². The van der Waals surface area contributed by atoms with Crippen molar-refractivity contribution in [1.29, 1.82) is 0 Å². The first-order chi connectivity index (χ1) is 18.3. The van der Waals surface area contributed by atoms with E-state index in [1.165, 1.54) is 43.4 Å². The second kappa shape index (κ2) is 8.96. The summed E-state index contributed by atoms with van der Waals surface area (Å²) in [6.07, 6.45) is 0. The summed E-state index contributed by atoms with van der Waals surface area (Å²) < 4.78 is 0. The van der Waals surface area contributed by atoms with Crippen LogP contribution in [0.1, 0.15) is 0 Å². The molecule has 0 spiro atoms. The lowest BCUT2D eigenvalue weighted by molar-refractivity contribution is 1.28. The molecule has 7 aromatic rings. The van der Waals surface area contributed by atoms with E-state index >= 15 is 0 Å². The van der Waals surface area contributed by atoms with Crippen molar-refractivity contribution in [2.24, 2.45) is 0 Å². The molecule has 0 saturated heterocycles. The lowest BCUT2D eigenvalue weighted by Crippen LogP contribution is -2.09. The summed E-state index contributed by atoms with van der Waals surface area (Å²) in [6, 6.07) is 54.4. The highest BCUT2D eigenvalue weighted by atomic mass is 15.1. The zero-order valence-electron chi connectivity index (χ0n) is 20.4. The molecule has 0 saturated carbocycles. The van der Waals surface area contributed by atoms with Crippen LogP contribution in [0.25, 0.3) is 43.4 Å². The molecule has 0 aliphatic heterocycles. The van der Waals surface area contributed by atoms with Crippen molar-refractivity contribution in [3.05, 3.63) is 152 Å². The van der Waals surface area contributed by atoms with Crippen molar-refractivity contribution in [2.45, 2.75) is 0 Å². The summed E-state index contributed by atoms with van der Waals surface area (Å²) in [4.78, 5) is 2.29. The standard InChI is InChI=1S/C36H25N/c1-3-10-31(11-4-1)37(32-12-5-2-6-13-32)33-22-19-26(20-23-33)29-21-24-35-30(25-29)18-17-28-16-15-27-9-7-8-14-34(27)36(28)35/h1-25H. The Morgan fingerprint density at radius 2 is 0.838 bits per heavy atom. The first-order valence-electron chi connectivity index (χ1n) is 12.7. The monoisotopic (exact) mass is 471 g/mol. The van der Waals surface area contributed by atoms with Gasteiger partial charge in [-0.25, -0.2) is 0 Å². The van der Waals surface area contributed by atoms with Crippen LogP contribution in [0.5, 0.6) is 0 Å². The number of hydrogen-bond acceptors (Lipinski definition) is 1. The van der Waals surface area contributed by atoms with Crippen molar-refractivity contribution in [2.75, 3.05) is 4.90 Å². The molecule has 0 unspecified atom stereocenters. The van der Waals surface area contributed by atoms with Gasteiger partial charge in [-0.3, -0.25) is 0 Å². The van der Waals surface area contributed by atoms with Gasteiger partial charge in [0.2, 0.25) is 0 Å². The first-order valence-corrected chi connectivity index (χ1v) is 12.7. The van der Waals surface area contributed by atoms with E-state index in [-0.39, 0.29) is 0 Å². The maximum Gasteiger partial charge on any atom is 0.0462 e. The average molecular weight is 472 g/mol.